The number of rotatable bonds is 6. The van der Waals surface area contributed by atoms with Crippen molar-refractivity contribution in [1.29, 1.82) is 0 Å². The van der Waals surface area contributed by atoms with Gasteiger partial charge in [0.2, 0.25) is 5.91 Å². The molecule has 2 aromatic rings. The van der Waals surface area contributed by atoms with E-state index in [-0.39, 0.29) is 5.92 Å². The molecular weight excluding hydrogens is 334 g/mol. The third kappa shape index (κ3) is 4.21. The number of nitrogens with zero attached hydrogens (tertiary/aromatic N) is 2. The lowest BCUT2D eigenvalue weighted by molar-refractivity contribution is -0.886. The molecule has 1 aliphatic carbocycles. The van der Waals surface area contributed by atoms with E-state index in [0.29, 0.717) is 5.91 Å². The van der Waals surface area contributed by atoms with Gasteiger partial charge in [-0.25, -0.2) is 0 Å². The molecule has 4 nitrogen and oxygen atoms in total. The third-order valence-electron chi connectivity index (χ3n) is 6.72. The Morgan fingerprint density at radius 1 is 1.11 bits per heavy atom. The minimum atomic E-state index is 0.252. The van der Waals surface area contributed by atoms with E-state index in [0.717, 1.165) is 32.5 Å². The predicted octanol–water partition coefficient (Wildman–Crippen LogP) is 2.77. The molecule has 0 unspecified atom stereocenters. The second kappa shape index (κ2) is 8.47. The highest BCUT2D eigenvalue weighted by Gasteiger charge is 2.28. The Kier molecular flexibility index (Phi) is 5.82. The molecule has 1 saturated heterocycles. The zero-order chi connectivity index (χ0) is 18.6. The molecule has 0 bridgehead atoms. The molecule has 1 aliphatic heterocycles. The van der Waals surface area contributed by atoms with Crippen LogP contribution in [0.4, 0.5) is 0 Å². The maximum absolute atomic E-state index is 13.3. The predicted molar refractivity (Wildman–Crippen MR) is 110 cm³/mol. The van der Waals surface area contributed by atoms with Crippen molar-refractivity contribution in [3.63, 3.8) is 0 Å². The maximum atomic E-state index is 13.3. The van der Waals surface area contributed by atoms with Gasteiger partial charge in [0.05, 0.1) is 32.7 Å². The molecule has 1 aromatic carbocycles. The number of fused-ring (bicyclic) bond motifs is 1. The number of aromatic nitrogens is 1. The van der Waals surface area contributed by atoms with Crippen LogP contribution in [0.5, 0.6) is 0 Å². The molecule has 1 saturated carbocycles. The summed E-state index contributed by atoms with van der Waals surface area (Å²) in [4.78, 5) is 17.2. The number of likely N-dealkylation sites (tertiary alicyclic amines) is 1. The van der Waals surface area contributed by atoms with E-state index in [1.165, 1.54) is 61.8 Å². The van der Waals surface area contributed by atoms with E-state index < -0.39 is 0 Å². The first-order chi connectivity index (χ1) is 13.2. The molecule has 1 N–H and O–H groups in total. The normalized spacial score (nSPS) is 19.0. The van der Waals surface area contributed by atoms with Crippen molar-refractivity contribution in [3.8, 4) is 0 Å². The van der Waals surface area contributed by atoms with Crippen molar-refractivity contribution in [1.82, 2.24) is 9.47 Å². The molecular formula is C23H34N3O+. The summed E-state index contributed by atoms with van der Waals surface area (Å²) in [6, 6.07) is 10.8. The fourth-order valence-corrected chi connectivity index (χ4v) is 4.99. The standard InChI is InChI=1S/C23H33N3O/c1-24-21(17-20-11-5-6-12-22(20)24)18-26(16-15-25-13-7-8-14-25)23(27)19-9-3-2-4-10-19/h5-6,11-12,17,19H,2-4,7-10,13-16,18H2,1H3/p+1. The zero-order valence-corrected chi connectivity index (χ0v) is 16.8. The molecule has 2 aliphatic rings. The van der Waals surface area contributed by atoms with Crippen molar-refractivity contribution in [3.05, 3.63) is 36.0 Å². The fraction of sp³-hybridized carbons (Fsp3) is 0.609. The molecule has 4 heteroatoms. The number of hydrogen-bond acceptors (Lipinski definition) is 1. The van der Waals surface area contributed by atoms with Gasteiger partial charge in [0.1, 0.15) is 0 Å². The monoisotopic (exact) mass is 368 g/mol. The highest BCUT2D eigenvalue weighted by atomic mass is 16.2. The second-order valence-electron chi connectivity index (χ2n) is 8.56. The van der Waals surface area contributed by atoms with E-state index in [9.17, 15) is 4.79 Å². The van der Waals surface area contributed by atoms with Crippen molar-refractivity contribution in [2.45, 2.75) is 51.5 Å². The minimum Gasteiger partial charge on any atom is -0.346 e. The van der Waals surface area contributed by atoms with Crippen LogP contribution in [0.2, 0.25) is 0 Å². The van der Waals surface area contributed by atoms with Crippen LogP contribution in [0, 0.1) is 5.92 Å². The first kappa shape index (κ1) is 18.5. The second-order valence-corrected chi connectivity index (χ2v) is 8.56. The van der Waals surface area contributed by atoms with Gasteiger partial charge in [0, 0.05) is 37.0 Å². The molecule has 0 atom stereocenters. The van der Waals surface area contributed by atoms with Crippen LogP contribution in [0.15, 0.2) is 30.3 Å². The number of aryl methyl sites for hydroxylation is 1. The van der Waals surface area contributed by atoms with Gasteiger partial charge in [-0.1, -0.05) is 37.5 Å². The van der Waals surface area contributed by atoms with E-state index in [4.69, 9.17) is 0 Å². The molecule has 1 aromatic heterocycles. The average molecular weight is 369 g/mol. The number of quaternary nitrogens is 1. The number of hydrogen-bond donors (Lipinski definition) is 1. The number of amides is 1. The van der Waals surface area contributed by atoms with Crippen molar-refractivity contribution >= 4 is 16.8 Å². The highest BCUT2D eigenvalue weighted by Crippen LogP contribution is 2.26. The van der Waals surface area contributed by atoms with Crippen LogP contribution in [-0.4, -0.2) is 41.6 Å². The van der Waals surface area contributed by atoms with Crippen LogP contribution < -0.4 is 4.90 Å². The van der Waals surface area contributed by atoms with E-state index >= 15 is 0 Å². The molecule has 27 heavy (non-hydrogen) atoms. The van der Waals surface area contributed by atoms with Crippen LogP contribution in [0.3, 0.4) is 0 Å². The fourth-order valence-electron chi connectivity index (χ4n) is 4.99. The van der Waals surface area contributed by atoms with Crippen LogP contribution in [0.25, 0.3) is 10.9 Å². The van der Waals surface area contributed by atoms with E-state index in [1.54, 1.807) is 4.90 Å². The Morgan fingerprint density at radius 2 is 1.85 bits per heavy atom. The Labute approximate surface area is 163 Å². The largest absolute Gasteiger partial charge is 0.346 e. The van der Waals surface area contributed by atoms with E-state index in [1.807, 2.05) is 0 Å². The zero-order valence-electron chi connectivity index (χ0n) is 16.8. The summed E-state index contributed by atoms with van der Waals surface area (Å²) in [5.41, 5.74) is 2.50. The maximum Gasteiger partial charge on any atom is 0.226 e. The topological polar surface area (TPSA) is 29.7 Å². The van der Waals surface area contributed by atoms with Crippen LogP contribution in [-0.2, 0) is 18.4 Å². The lowest BCUT2D eigenvalue weighted by Crippen LogP contribution is -3.10. The Morgan fingerprint density at radius 3 is 2.59 bits per heavy atom. The number of para-hydroxylation sites is 1. The Balaban J connectivity index is 1.51. The van der Waals surface area contributed by atoms with Crippen molar-refractivity contribution in [2.24, 2.45) is 13.0 Å². The Hall–Kier alpha value is -1.81. The summed E-state index contributed by atoms with van der Waals surface area (Å²) >= 11 is 0. The average Bonchev–Trinajstić information content (AvgIpc) is 3.34. The molecule has 0 radical (unpaired) electrons. The minimum absolute atomic E-state index is 0.252. The van der Waals surface area contributed by atoms with Crippen LogP contribution in [0.1, 0.15) is 50.6 Å². The molecule has 2 fully saturated rings. The van der Waals surface area contributed by atoms with Crippen LogP contribution >= 0.6 is 0 Å². The quantitative estimate of drug-likeness (QED) is 0.835. The van der Waals surface area contributed by atoms with Gasteiger partial charge >= 0.3 is 0 Å². The van der Waals surface area contributed by atoms with Gasteiger partial charge in [-0.05, 0) is 30.4 Å². The lowest BCUT2D eigenvalue weighted by atomic mass is 9.88. The number of carbonyl (C=O) groups is 1. The SMILES string of the molecule is Cn1c(CN(CC[NH+]2CCCC2)C(=O)C2CCCCC2)cc2ccccc21. The summed E-state index contributed by atoms with van der Waals surface area (Å²) in [5.74, 6) is 0.653. The lowest BCUT2D eigenvalue weighted by Gasteiger charge is -2.30. The molecule has 2 heterocycles. The third-order valence-corrected chi connectivity index (χ3v) is 6.72. The van der Waals surface area contributed by atoms with Gasteiger partial charge in [0.25, 0.3) is 0 Å². The van der Waals surface area contributed by atoms with Crippen molar-refractivity contribution in [2.75, 3.05) is 26.2 Å². The van der Waals surface area contributed by atoms with Gasteiger partial charge in [-0.3, -0.25) is 4.79 Å². The van der Waals surface area contributed by atoms with Gasteiger partial charge < -0.3 is 14.4 Å². The Bertz CT molecular complexity index is 769. The molecule has 0 spiro atoms. The summed E-state index contributed by atoms with van der Waals surface area (Å²) in [5, 5.41) is 1.27. The molecule has 1 amide bonds. The van der Waals surface area contributed by atoms with Gasteiger partial charge in [-0.15, -0.1) is 0 Å². The molecule has 4 rings (SSSR count). The smallest absolute Gasteiger partial charge is 0.226 e. The number of benzene rings is 1. The van der Waals surface area contributed by atoms with Gasteiger partial charge in [0.15, 0.2) is 0 Å². The molecule has 146 valence electrons. The number of carbonyl (C=O) groups excluding carboxylic acids is 1. The summed E-state index contributed by atoms with van der Waals surface area (Å²) in [7, 11) is 2.13. The summed E-state index contributed by atoms with van der Waals surface area (Å²) < 4.78 is 2.26. The van der Waals surface area contributed by atoms with Gasteiger partial charge in [-0.2, -0.15) is 0 Å². The summed E-state index contributed by atoms with van der Waals surface area (Å²) in [6.45, 7) is 5.29. The first-order valence-corrected chi connectivity index (χ1v) is 10.9. The summed E-state index contributed by atoms with van der Waals surface area (Å²) in [6.07, 6.45) is 8.59. The highest BCUT2D eigenvalue weighted by molar-refractivity contribution is 5.82. The number of nitrogens with one attached hydrogen (secondary N) is 1. The van der Waals surface area contributed by atoms with Crippen molar-refractivity contribution < 1.29 is 9.69 Å². The van der Waals surface area contributed by atoms with E-state index in [2.05, 4.69) is 46.8 Å². The first-order valence-electron chi connectivity index (χ1n) is 10.9.